The highest BCUT2D eigenvalue weighted by molar-refractivity contribution is 7.92. The monoisotopic (exact) mass is 585 g/mol. The van der Waals surface area contributed by atoms with Crippen molar-refractivity contribution < 1.29 is 41.0 Å². The normalized spacial score (nSPS) is 16.8. The first-order chi connectivity index (χ1) is 18.7. The van der Waals surface area contributed by atoms with Crippen LogP contribution in [0.15, 0.2) is 47.4 Å². The molecule has 0 atom stereocenters. The molecule has 1 saturated carbocycles. The zero-order valence-corrected chi connectivity index (χ0v) is 23.2. The maximum atomic E-state index is 12.9. The van der Waals surface area contributed by atoms with Crippen molar-refractivity contribution in [2.24, 2.45) is 0 Å². The quantitative estimate of drug-likeness (QED) is 0.384. The third-order valence-corrected chi connectivity index (χ3v) is 8.32. The zero-order chi connectivity index (χ0) is 29.6. The largest absolute Gasteiger partial charge is 0.490 e. The van der Waals surface area contributed by atoms with Gasteiger partial charge in [0, 0.05) is 25.3 Å². The summed E-state index contributed by atoms with van der Waals surface area (Å²) in [6.07, 6.45) is -2.53. The molecule has 4 rings (SSSR count). The Morgan fingerprint density at radius 3 is 2.17 bits per heavy atom. The number of nitrogens with zero attached hydrogens (tertiary/aromatic N) is 1. The van der Waals surface area contributed by atoms with Gasteiger partial charge >= 0.3 is 12.1 Å². The molecule has 2 aromatic rings. The highest BCUT2D eigenvalue weighted by Gasteiger charge is 2.51. The van der Waals surface area contributed by atoms with Crippen LogP contribution in [0, 0.1) is 13.8 Å². The minimum Gasteiger partial charge on any atom is -0.475 e. The summed E-state index contributed by atoms with van der Waals surface area (Å²) in [6.45, 7) is 8.83. The van der Waals surface area contributed by atoms with E-state index in [2.05, 4.69) is 14.9 Å². The van der Waals surface area contributed by atoms with E-state index >= 15 is 0 Å². The second-order valence-electron chi connectivity index (χ2n) is 9.90. The molecule has 2 fully saturated rings. The molecular weight excluding hydrogens is 551 g/mol. The molecule has 0 radical (unpaired) electrons. The summed E-state index contributed by atoms with van der Waals surface area (Å²) in [4.78, 5) is 24.4. The number of rotatable bonds is 9. The lowest BCUT2D eigenvalue weighted by Crippen LogP contribution is -2.39. The minimum absolute atomic E-state index is 0.0630. The van der Waals surface area contributed by atoms with Crippen molar-refractivity contribution in [2.45, 2.75) is 49.6 Å². The van der Waals surface area contributed by atoms with E-state index in [0.29, 0.717) is 17.8 Å². The number of carbonyl (C=O) groups excluding carboxylic acids is 1. The number of carboxylic acids is 1. The Labute approximate surface area is 231 Å². The maximum absolute atomic E-state index is 12.9. The standard InChI is InChI=1S/C25H33N3O4S.C2HF3O2/c1-19-4-9-23(20(2)18-19)33(30,31)27-22-7-5-21(6-8-22)25(10-11-25)24(29)26-12-3-13-28-14-16-32-17-15-28;3-2(4,5)1(6)7/h4-9,18,27H,3,10-17H2,1-2H3,(H,26,29);(H,6,7). The van der Waals surface area contributed by atoms with Crippen molar-refractivity contribution in [3.63, 3.8) is 0 Å². The molecule has 0 spiro atoms. The van der Waals surface area contributed by atoms with E-state index in [9.17, 15) is 26.4 Å². The van der Waals surface area contributed by atoms with Crippen molar-refractivity contribution in [2.75, 3.05) is 44.1 Å². The Bertz CT molecular complexity index is 1290. The fourth-order valence-corrected chi connectivity index (χ4v) is 5.72. The number of carbonyl (C=O) groups is 2. The average Bonchev–Trinajstić information content (AvgIpc) is 3.69. The molecule has 1 heterocycles. The summed E-state index contributed by atoms with van der Waals surface area (Å²) >= 11 is 0. The Morgan fingerprint density at radius 2 is 1.65 bits per heavy atom. The van der Waals surface area contributed by atoms with Gasteiger partial charge in [0.25, 0.3) is 10.0 Å². The first-order valence-corrected chi connectivity index (χ1v) is 14.3. The van der Waals surface area contributed by atoms with E-state index in [1.807, 2.05) is 25.1 Å². The Hall–Kier alpha value is -3.16. The van der Waals surface area contributed by atoms with Gasteiger partial charge in [-0.15, -0.1) is 0 Å². The molecule has 0 unspecified atom stereocenters. The number of aliphatic carboxylic acids is 1. The van der Waals surface area contributed by atoms with Crippen LogP contribution in [0.25, 0.3) is 0 Å². The summed E-state index contributed by atoms with van der Waals surface area (Å²) in [6, 6.07) is 12.5. The average molecular weight is 586 g/mol. The van der Waals surface area contributed by atoms with Gasteiger partial charge in [0.15, 0.2) is 0 Å². The van der Waals surface area contributed by atoms with Crippen LogP contribution in [0.3, 0.4) is 0 Å². The number of hydrogen-bond donors (Lipinski definition) is 3. The zero-order valence-electron chi connectivity index (χ0n) is 22.4. The first-order valence-electron chi connectivity index (χ1n) is 12.8. The number of sulfonamides is 1. The van der Waals surface area contributed by atoms with Gasteiger partial charge in [-0.2, -0.15) is 13.2 Å². The number of anilines is 1. The van der Waals surface area contributed by atoms with E-state index in [-0.39, 0.29) is 10.8 Å². The van der Waals surface area contributed by atoms with Gasteiger partial charge in [0.05, 0.1) is 23.5 Å². The number of alkyl halides is 3. The van der Waals surface area contributed by atoms with Crippen molar-refractivity contribution >= 4 is 27.6 Å². The van der Waals surface area contributed by atoms with Crippen molar-refractivity contribution in [3.8, 4) is 0 Å². The highest BCUT2D eigenvalue weighted by Crippen LogP contribution is 2.48. The lowest BCUT2D eigenvalue weighted by Gasteiger charge is -2.26. The van der Waals surface area contributed by atoms with E-state index < -0.39 is 27.6 Å². The molecule has 9 nitrogen and oxygen atoms in total. The summed E-state index contributed by atoms with van der Waals surface area (Å²) in [5.74, 6) is -2.69. The fraction of sp³-hybridized carbons (Fsp3) is 0.481. The minimum atomic E-state index is -5.08. The van der Waals surface area contributed by atoms with Gasteiger partial charge in [-0.3, -0.25) is 14.4 Å². The van der Waals surface area contributed by atoms with Crippen LogP contribution in [0.1, 0.15) is 36.0 Å². The number of ether oxygens (including phenoxy) is 1. The summed E-state index contributed by atoms with van der Waals surface area (Å²) < 4.78 is 65.4. The number of halogens is 3. The van der Waals surface area contributed by atoms with Crippen LogP contribution in [-0.4, -0.2) is 75.9 Å². The lowest BCUT2D eigenvalue weighted by molar-refractivity contribution is -0.192. The van der Waals surface area contributed by atoms with Crippen LogP contribution in [0.2, 0.25) is 0 Å². The number of nitrogens with one attached hydrogen (secondary N) is 2. The third kappa shape index (κ3) is 8.42. The smallest absolute Gasteiger partial charge is 0.475 e. The number of morpholine rings is 1. The molecule has 3 N–H and O–H groups in total. The summed E-state index contributed by atoms with van der Waals surface area (Å²) in [5, 5.41) is 10.2. The highest BCUT2D eigenvalue weighted by atomic mass is 32.2. The summed E-state index contributed by atoms with van der Waals surface area (Å²) in [5.41, 5.74) is 2.67. The topological polar surface area (TPSA) is 125 Å². The Balaban J connectivity index is 0.000000559. The van der Waals surface area contributed by atoms with Gasteiger partial charge in [0.1, 0.15) is 0 Å². The number of hydrogen-bond acceptors (Lipinski definition) is 6. The van der Waals surface area contributed by atoms with E-state index in [1.165, 1.54) is 0 Å². The molecule has 220 valence electrons. The van der Waals surface area contributed by atoms with Crippen LogP contribution in [0.5, 0.6) is 0 Å². The predicted molar refractivity (Wildman–Crippen MR) is 143 cm³/mol. The Kier molecular flexibility index (Phi) is 10.2. The summed E-state index contributed by atoms with van der Waals surface area (Å²) in [7, 11) is -3.68. The van der Waals surface area contributed by atoms with Crippen LogP contribution in [0.4, 0.5) is 18.9 Å². The predicted octanol–water partition coefficient (Wildman–Crippen LogP) is 3.61. The van der Waals surface area contributed by atoms with Gasteiger partial charge in [-0.1, -0.05) is 29.8 Å². The van der Waals surface area contributed by atoms with Gasteiger partial charge in [-0.05, 0) is 69.0 Å². The lowest BCUT2D eigenvalue weighted by atomic mass is 9.95. The molecule has 2 aliphatic rings. The van der Waals surface area contributed by atoms with E-state index in [4.69, 9.17) is 14.6 Å². The fourth-order valence-electron chi connectivity index (χ4n) is 4.44. The molecule has 0 aromatic heterocycles. The number of amides is 1. The van der Waals surface area contributed by atoms with E-state index in [1.54, 1.807) is 31.2 Å². The SMILES string of the molecule is Cc1ccc(S(=O)(=O)Nc2ccc(C3(C(=O)NCCCN4CCOCC4)CC3)cc2)c(C)c1.O=C(O)C(F)(F)F. The molecule has 40 heavy (non-hydrogen) atoms. The second-order valence-corrected chi connectivity index (χ2v) is 11.6. The van der Waals surface area contributed by atoms with Crippen molar-refractivity contribution in [3.05, 3.63) is 59.2 Å². The molecule has 1 aliphatic heterocycles. The maximum Gasteiger partial charge on any atom is 0.490 e. The number of aryl methyl sites for hydroxylation is 2. The van der Waals surface area contributed by atoms with Gasteiger partial charge < -0.3 is 15.2 Å². The molecule has 13 heteroatoms. The molecule has 0 bridgehead atoms. The van der Waals surface area contributed by atoms with E-state index in [0.717, 1.165) is 63.2 Å². The Morgan fingerprint density at radius 1 is 1.05 bits per heavy atom. The van der Waals surface area contributed by atoms with Crippen LogP contribution in [-0.2, 0) is 29.8 Å². The van der Waals surface area contributed by atoms with Crippen LogP contribution < -0.4 is 10.0 Å². The van der Waals surface area contributed by atoms with Gasteiger partial charge in [0.2, 0.25) is 5.91 Å². The number of carboxylic acid groups (broad SMARTS) is 1. The van der Waals surface area contributed by atoms with Crippen LogP contribution >= 0.6 is 0 Å². The van der Waals surface area contributed by atoms with Crippen molar-refractivity contribution in [1.82, 2.24) is 10.2 Å². The molecule has 2 aromatic carbocycles. The number of benzene rings is 2. The third-order valence-electron chi connectivity index (χ3n) is 6.78. The first kappa shape index (κ1) is 31.4. The molecular formula is C27H34F3N3O6S. The molecule has 1 saturated heterocycles. The molecule has 1 aliphatic carbocycles. The molecule has 1 amide bonds. The second kappa shape index (κ2) is 13.0. The van der Waals surface area contributed by atoms with Crippen molar-refractivity contribution in [1.29, 1.82) is 0 Å². The van der Waals surface area contributed by atoms with Gasteiger partial charge in [-0.25, -0.2) is 13.2 Å².